The number of anilines is 1. The second kappa shape index (κ2) is 2.43. The minimum atomic E-state index is 0.137. The van der Waals surface area contributed by atoms with E-state index in [4.69, 9.17) is 0 Å². The topological polar surface area (TPSA) is 29.1 Å². The zero-order chi connectivity index (χ0) is 7.68. The fourth-order valence-electron chi connectivity index (χ4n) is 1.06. The molecule has 1 aromatic carbocycles. The highest BCUT2D eigenvalue weighted by atomic mass is 28.2. The predicted octanol–water partition coefficient (Wildman–Crippen LogP) is 0.716. The highest BCUT2D eigenvalue weighted by Gasteiger charge is 2.09. The Morgan fingerprint density at radius 1 is 1.27 bits per heavy atom. The fourth-order valence-corrected chi connectivity index (χ4v) is 1.80. The number of fused-ring (bicyclic) bond motifs is 1. The maximum absolute atomic E-state index is 11.2. The summed E-state index contributed by atoms with van der Waals surface area (Å²) in [5.41, 5.74) is 3.42. The molecule has 0 aliphatic carbocycles. The van der Waals surface area contributed by atoms with E-state index in [-0.39, 0.29) is 5.78 Å². The van der Waals surface area contributed by atoms with E-state index in [9.17, 15) is 4.79 Å². The highest BCUT2D eigenvalue weighted by Crippen LogP contribution is 2.15. The molecule has 0 atom stereocenters. The Hall–Kier alpha value is -1.22. The molecule has 0 fully saturated rings. The van der Waals surface area contributed by atoms with E-state index < -0.39 is 0 Å². The summed E-state index contributed by atoms with van der Waals surface area (Å²) in [5, 5.41) is 0. The summed E-state index contributed by atoms with van der Waals surface area (Å²) < 4.78 is 0. The fraction of sp³-hybridized carbons (Fsp3) is 0. The smallest absolute Gasteiger partial charge is 0.185 e. The number of hydrogen-bond donors (Lipinski definition) is 1. The Balaban J connectivity index is 2.59. The molecule has 0 saturated carbocycles. The molecule has 3 heteroatoms. The van der Waals surface area contributed by atoms with Crippen molar-refractivity contribution in [3.8, 4) is 0 Å². The molecular weight excluding hydrogens is 154 g/mol. The number of nitrogens with one attached hydrogen (secondary N) is 1. The van der Waals surface area contributed by atoms with Crippen LogP contribution in [0.3, 0.4) is 0 Å². The largest absolute Gasteiger partial charge is 0.390 e. The summed E-state index contributed by atoms with van der Waals surface area (Å²) in [6.07, 6.45) is 0. The Labute approximate surface area is 66.8 Å². The monoisotopic (exact) mass is 160 g/mol. The average Bonchev–Trinajstić information content (AvgIpc) is 2.06. The van der Waals surface area contributed by atoms with Crippen molar-refractivity contribution in [2.24, 2.45) is 0 Å². The van der Waals surface area contributed by atoms with Crippen molar-refractivity contribution >= 4 is 26.4 Å². The molecule has 0 bridgehead atoms. The van der Waals surface area contributed by atoms with Gasteiger partial charge in [0.2, 0.25) is 0 Å². The van der Waals surface area contributed by atoms with E-state index in [1.54, 1.807) is 5.67 Å². The lowest BCUT2D eigenvalue weighted by Crippen LogP contribution is -2.17. The maximum Gasteiger partial charge on any atom is 0.185 e. The number of para-hydroxylation sites is 1. The Bertz CT molecular complexity index is 333. The molecule has 0 unspecified atom stereocenters. The van der Waals surface area contributed by atoms with Gasteiger partial charge in [-0.1, -0.05) is 12.1 Å². The van der Waals surface area contributed by atoms with Gasteiger partial charge in [-0.2, -0.15) is 0 Å². The second-order valence-corrected chi connectivity index (χ2v) is 3.15. The quantitative estimate of drug-likeness (QED) is 0.566. The Kier molecular flexibility index (Phi) is 1.43. The minimum absolute atomic E-state index is 0.137. The van der Waals surface area contributed by atoms with Gasteiger partial charge in [0.25, 0.3) is 0 Å². The third-order valence-corrected chi connectivity index (χ3v) is 2.42. The molecule has 1 heterocycles. The van der Waals surface area contributed by atoms with Crippen LogP contribution >= 0.6 is 0 Å². The van der Waals surface area contributed by atoms with Crippen LogP contribution in [0.25, 0.3) is 0 Å². The van der Waals surface area contributed by atoms with Gasteiger partial charge < -0.3 is 4.98 Å². The number of benzene rings is 1. The lowest BCUT2D eigenvalue weighted by atomic mass is 10.1. The number of hydrogen-bond acceptors (Lipinski definition) is 2. The number of Topliss-reactive ketones (excluding diaryl/α,β-unsaturated/α-hetero) is 1. The van der Waals surface area contributed by atoms with Crippen LogP contribution in [0.2, 0.25) is 0 Å². The molecule has 1 aliphatic rings. The lowest BCUT2D eigenvalue weighted by Gasteiger charge is -2.09. The van der Waals surface area contributed by atoms with E-state index in [1.807, 2.05) is 24.3 Å². The molecule has 1 aliphatic heterocycles. The number of carbonyl (C=O) groups excluding carboxylic acids is 1. The van der Waals surface area contributed by atoms with Crippen LogP contribution < -0.4 is 4.98 Å². The van der Waals surface area contributed by atoms with Crippen molar-refractivity contribution in [2.45, 2.75) is 0 Å². The van der Waals surface area contributed by atoms with E-state index in [2.05, 4.69) is 4.98 Å². The lowest BCUT2D eigenvalue weighted by molar-refractivity contribution is 0.107. The van der Waals surface area contributed by atoms with E-state index in [1.165, 1.54) is 0 Å². The van der Waals surface area contributed by atoms with Gasteiger partial charge in [0.1, 0.15) is 0 Å². The SMILES string of the molecule is O=C1C=[Si]Nc2ccccc21. The van der Waals surface area contributed by atoms with Crippen molar-refractivity contribution in [2.75, 3.05) is 4.98 Å². The summed E-state index contributed by atoms with van der Waals surface area (Å²) >= 11 is 0. The first-order chi connectivity index (χ1) is 5.38. The zero-order valence-corrected chi connectivity index (χ0v) is 6.79. The Morgan fingerprint density at radius 3 is 2.91 bits per heavy atom. The van der Waals surface area contributed by atoms with Gasteiger partial charge in [-0.25, -0.2) is 0 Å². The van der Waals surface area contributed by atoms with Gasteiger partial charge in [0.05, 0.1) is 0 Å². The van der Waals surface area contributed by atoms with Gasteiger partial charge in [0.15, 0.2) is 15.1 Å². The standard InChI is InChI=1S/C8H6NOSi/c10-8-5-11-9-7-4-2-1-3-6(7)8/h1-5,9H. The van der Waals surface area contributed by atoms with Crippen LogP contribution in [-0.4, -0.2) is 20.7 Å². The highest BCUT2D eigenvalue weighted by molar-refractivity contribution is 6.69. The first-order valence-electron chi connectivity index (χ1n) is 3.36. The van der Waals surface area contributed by atoms with Gasteiger partial charge in [-0.3, -0.25) is 4.79 Å². The molecule has 2 rings (SSSR count). The average molecular weight is 160 g/mol. The van der Waals surface area contributed by atoms with Crippen LogP contribution in [-0.2, 0) is 0 Å². The first-order valence-corrected chi connectivity index (χ1v) is 4.44. The van der Waals surface area contributed by atoms with Crippen molar-refractivity contribution in [1.82, 2.24) is 0 Å². The number of ketones is 1. The van der Waals surface area contributed by atoms with Crippen molar-refractivity contribution in [3.63, 3.8) is 0 Å². The molecule has 0 saturated heterocycles. The third-order valence-electron chi connectivity index (χ3n) is 1.60. The summed E-state index contributed by atoms with van der Waals surface area (Å²) in [6.45, 7) is 0. The molecule has 53 valence electrons. The van der Waals surface area contributed by atoms with Gasteiger partial charge >= 0.3 is 0 Å². The number of carbonyl (C=O) groups is 1. The van der Waals surface area contributed by atoms with Crippen LogP contribution in [0.1, 0.15) is 10.4 Å². The van der Waals surface area contributed by atoms with Crippen molar-refractivity contribution in [1.29, 1.82) is 0 Å². The van der Waals surface area contributed by atoms with Crippen LogP contribution in [0.15, 0.2) is 24.3 Å². The molecule has 11 heavy (non-hydrogen) atoms. The first kappa shape index (κ1) is 6.48. The third kappa shape index (κ3) is 1.03. The normalized spacial score (nSPS) is 14.0. The molecule has 0 aromatic heterocycles. The number of rotatable bonds is 0. The minimum Gasteiger partial charge on any atom is -0.390 e. The molecule has 0 spiro atoms. The van der Waals surface area contributed by atoms with E-state index in [0.29, 0.717) is 9.29 Å². The molecule has 0 amide bonds. The molecule has 1 aromatic rings. The molecule has 1 N–H and O–H groups in total. The van der Waals surface area contributed by atoms with E-state index >= 15 is 0 Å². The molecular formula is C8H6NOSi. The molecule has 2 nitrogen and oxygen atoms in total. The summed E-state index contributed by atoms with van der Waals surface area (Å²) in [7, 11) is 0.424. The molecule has 1 radical (unpaired) electrons. The summed E-state index contributed by atoms with van der Waals surface area (Å²) in [6, 6.07) is 7.56. The van der Waals surface area contributed by atoms with Gasteiger partial charge in [-0.15, -0.1) is 0 Å². The summed E-state index contributed by atoms with van der Waals surface area (Å²) in [4.78, 5) is 14.3. The van der Waals surface area contributed by atoms with Gasteiger partial charge in [0, 0.05) is 11.3 Å². The van der Waals surface area contributed by atoms with Crippen molar-refractivity contribution < 1.29 is 4.79 Å². The van der Waals surface area contributed by atoms with Crippen LogP contribution in [0, 0.1) is 0 Å². The van der Waals surface area contributed by atoms with Crippen molar-refractivity contribution in [3.05, 3.63) is 29.8 Å². The summed E-state index contributed by atoms with van der Waals surface area (Å²) in [5.74, 6) is 0.137. The Morgan fingerprint density at radius 2 is 2.09 bits per heavy atom. The predicted molar refractivity (Wildman–Crippen MR) is 46.2 cm³/mol. The second-order valence-electron chi connectivity index (χ2n) is 2.32. The van der Waals surface area contributed by atoms with Crippen LogP contribution in [0.4, 0.5) is 5.69 Å². The van der Waals surface area contributed by atoms with E-state index in [0.717, 1.165) is 11.3 Å². The maximum atomic E-state index is 11.2. The van der Waals surface area contributed by atoms with Gasteiger partial charge in [-0.05, 0) is 17.8 Å². The van der Waals surface area contributed by atoms with Crippen LogP contribution in [0.5, 0.6) is 0 Å². The zero-order valence-electron chi connectivity index (χ0n) is 5.79.